The van der Waals surface area contributed by atoms with Crippen LogP contribution in [0.2, 0.25) is 0 Å². The van der Waals surface area contributed by atoms with E-state index in [1.807, 2.05) is 30.3 Å². The fourth-order valence-corrected chi connectivity index (χ4v) is 5.57. The number of nitrogens with zero attached hydrogens (tertiary/aromatic N) is 3. The molecule has 6 nitrogen and oxygen atoms in total. The van der Waals surface area contributed by atoms with E-state index < -0.39 is 0 Å². The maximum absolute atomic E-state index is 6.11. The zero-order chi connectivity index (χ0) is 23.6. The smallest absolute Gasteiger partial charge is 0.169 e. The quantitative estimate of drug-likeness (QED) is 0.366. The first-order valence-corrected chi connectivity index (χ1v) is 13.0. The number of aromatic nitrogens is 3. The van der Waals surface area contributed by atoms with E-state index in [1.165, 1.54) is 16.7 Å². The molecular formula is C28H30N4O2S. The molecule has 180 valence electrons. The van der Waals surface area contributed by atoms with Crippen LogP contribution in [-0.2, 0) is 24.3 Å². The fraction of sp³-hybridized carbons (Fsp3) is 0.357. The Morgan fingerprint density at radius 1 is 1.06 bits per heavy atom. The van der Waals surface area contributed by atoms with Crippen molar-refractivity contribution in [3.63, 3.8) is 0 Å². The van der Waals surface area contributed by atoms with Crippen LogP contribution in [0.15, 0.2) is 60.7 Å². The summed E-state index contributed by atoms with van der Waals surface area (Å²) in [5, 5.41) is 8.59. The molecule has 2 aliphatic heterocycles. The second kappa shape index (κ2) is 9.84. The number of benzene rings is 2. The van der Waals surface area contributed by atoms with E-state index in [9.17, 15) is 0 Å². The lowest BCUT2D eigenvalue weighted by Gasteiger charge is -2.14. The molecule has 4 aromatic rings. The molecule has 1 atom stereocenters. The maximum Gasteiger partial charge on any atom is 0.169 e. The third kappa shape index (κ3) is 4.34. The lowest BCUT2D eigenvalue weighted by molar-refractivity contribution is 0.114. The van der Waals surface area contributed by atoms with E-state index in [0.29, 0.717) is 6.61 Å². The summed E-state index contributed by atoms with van der Waals surface area (Å²) in [6, 6.07) is 20.5. The Bertz CT molecular complexity index is 1320. The first-order valence-electron chi connectivity index (χ1n) is 12.6. The molecule has 1 saturated heterocycles. The van der Waals surface area contributed by atoms with Gasteiger partial charge in [0, 0.05) is 30.8 Å². The van der Waals surface area contributed by atoms with Crippen molar-refractivity contribution in [1.29, 1.82) is 0 Å². The van der Waals surface area contributed by atoms with E-state index in [2.05, 4.69) is 44.7 Å². The van der Waals surface area contributed by atoms with Gasteiger partial charge in [-0.15, -0.1) is 5.10 Å². The van der Waals surface area contributed by atoms with Crippen molar-refractivity contribution in [3.05, 3.63) is 77.7 Å². The monoisotopic (exact) mass is 486 g/mol. The molecule has 6 rings (SSSR count). The van der Waals surface area contributed by atoms with Crippen LogP contribution in [0.4, 0.5) is 0 Å². The van der Waals surface area contributed by atoms with Crippen molar-refractivity contribution in [2.24, 2.45) is 0 Å². The lowest BCUT2D eigenvalue weighted by atomic mass is 9.98. The van der Waals surface area contributed by atoms with Crippen LogP contribution in [0.3, 0.4) is 0 Å². The van der Waals surface area contributed by atoms with Gasteiger partial charge in [0.15, 0.2) is 5.82 Å². The van der Waals surface area contributed by atoms with Gasteiger partial charge in [0.1, 0.15) is 28.7 Å². The van der Waals surface area contributed by atoms with Gasteiger partial charge >= 0.3 is 0 Å². The van der Waals surface area contributed by atoms with E-state index >= 15 is 0 Å². The highest BCUT2D eigenvalue weighted by molar-refractivity contribution is 7.80. The Balaban J connectivity index is 1.43. The molecule has 0 radical (unpaired) electrons. The number of thiocarbonyl (C=S) groups is 1. The van der Waals surface area contributed by atoms with Crippen molar-refractivity contribution in [2.45, 2.75) is 51.4 Å². The van der Waals surface area contributed by atoms with Gasteiger partial charge in [0.2, 0.25) is 0 Å². The van der Waals surface area contributed by atoms with Gasteiger partial charge in [-0.2, -0.15) is 0 Å². The first-order chi connectivity index (χ1) is 17.3. The molecule has 1 N–H and O–H groups in total. The third-order valence-corrected chi connectivity index (χ3v) is 7.30. The van der Waals surface area contributed by atoms with Crippen molar-refractivity contribution in [1.82, 2.24) is 19.5 Å². The van der Waals surface area contributed by atoms with Gasteiger partial charge in [0.25, 0.3) is 0 Å². The lowest BCUT2D eigenvalue weighted by Crippen LogP contribution is -2.32. The number of hydrogen-bond donors (Lipinski definition) is 1. The molecule has 2 aromatic carbocycles. The molecular weight excluding hydrogens is 456 g/mol. The van der Waals surface area contributed by atoms with E-state index in [-0.39, 0.29) is 6.10 Å². The molecule has 0 bridgehead atoms. The number of rotatable bonds is 7. The Hall–Kier alpha value is -3.16. The van der Waals surface area contributed by atoms with Gasteiger partial charge < -0.3 is 19.4 Å². The maximum atomic E-state index is 6.11. The molecule has 1 fully saturated rings. The molecule has 0 aliphatic carbocycles. The van der Waals surface area contributed by atoms with Crippen LogP contribution in [-0.4, -0.2) is 38.4 Å². The SMILES string of the molecule is S=C(NC[C@H]1CCCO1)c1c(-c2ccccc2)c2c3n(c(COc4ccccc4)nn13)CCCC2. The minimum absolute atomic E-state index is 0.217. The third-order valence-electron chi connectivity index (χ3n) is 6.97. The van der Waals surface area contributed by atoms with Gasteiger partial charge in [-0.1, -0.05) is 60.7 Å². The van der Waals surface area contributed by atoms with Gasteiger partial charge in [-0.05, 0) is 49.8 Å². The normalized spacial score (nSPS) is 17.4. The highest BCUT2D eigenvalue weighted by Gasteiger charge is 2.29. The summed E-state index contributed by atoms with van der Waals surface area (Å²) in [5.74, 6) is 1.77. The van der Waals surface area contributed by atoms with Gasteiger partial charge in [-0.25, -0.2) is 4.52 Å². The average Bonchev–Trinajstić information content (AvgIpc) is 3.57. The number of ether oxygens (including phenoxy) is 2. The van der Waals surface area contributed by atoms with Crippen molar-refractivity contribution < 1.29 is 9.47 Å². The van der Waals surface area contributed by atoms with Crippen molar-refractivity contribution >= 4 is 22.9 Å². The second-order valence-corrected chi connectivity index (χ2v) is 9.68. The van der Waals surface area contributed by atoms with Crippen molar-refractivity contribution in [2.75, 3.05) is 13.2 Å². The van der Waals surface area contributed by atoms with Crippen LogP contribution in [0.5, 0.6) is 5.75 Å². The number of para-hydroxylation sites is 1. The van der Waals surface area contributed by atoms with E-state index in [1.54, 1.807) is 0 Å². The zero-order valence-corrected chi connectivity index (χ0v) is 20.6. The average molecular weight is 487 g/mol. The largest absolute Gasteiger partial charge is 0.486 e. The summed E-state index contributed by atoms with van der Waals surface area (Å²) in [5.41, 5.74) is 5.81. The highest BCUT2D eigenvalue weighted by atomic mass is 32.1. The minimum Gasteiger partial charge on any atom is -0.486 e. The Kier molecular flexibility index (Phi) is 6.27. The Morgan fingerprint density at radius 2 is 1.86 bits per heavy atom. The van der Waals surface area contributed by atoms with Crippen LogP contribution in [0.1, 0.15) is 42.8 Å². The topological polar surface area (TPSA) is 52.7 Å². The van der Waals surface area contributed by atoms with Crippen LogP contribution >= 0.6 is 12.2 Å². The summed E-state index contributed by atoms with van der Waals surface area (Å²) < 4.78 is 16.3. The van der Waals surface area contributed by atoms with Gasteiger partial charge in [0.05, 0.1) is 6.10 Å². The molecule has 0 saturated carbocycles. The predicted octanol–water partition coefficient (Wildman–Crippen LogP) is 5.16. The number of nitrogens with one attached hydrogen (secondary N) is 1. The number of hydrogen-bond acceptors (Lipinski definition) is 4. The molecule has 0 spiro atoms. The minimum atomic E-state index is 0.217. The molecule has 7 heteroatoms. The molecule has 2 aromatic heterocycles. The molecule has 2 aliphatic rings. The van der Waals surface area contributed by atoms with Crippen LogP contribution < -0.4 is 10.1 Å². The summed E-state index contributed by atoms with van der Waals surface area (Å²) in [6.45, 7) is 2.91. The van der Waals surface area contributed by atoms with Crippen molar-refractivity contribution in [3.8, 4) is 16.9 Å². The Morgan fingerprint density at radius 3 is 2.63 bits per heavy atom. The zero-order valence-electron chi connectivity index (χ0n) is 19.8. The molecule has 35 heavy (non-hydrogen) atoms. The summed E-state index contributed by atoms with van der Waals surface area (Å²) in [7, 11) is 0. The van der Waals surface area contributed by atoms with Gasteiger partial charge in [-0.3, -0.25) is 0 Å². The highest BCUT2D eigenvalue weighted by Crippen LogP contribution is 2.37. The number of aryl methyl sites for hydroxylation is 2. The molecule has 4 heterocycles. The first kappa shape index (κ1) is 22.3. The molecule has 0 amide bonds. The standard InChI is InChI=1S/C28H30N4O2S/c35-27(29-18-22-14-9-17-33-22)26-25(20-10-3-1-4-11-20)23-15-7-8-16-31-24(30-32(26)28(23)31)19-34-21-12-5-2-6-13-21/h1-6,10-13,22H,7-9,14-19H2,(H,29,35)/t22-/m1/s1. The Labute approximate surface area is 210 Å². The summed E-state index contributed by atoms with van der Waals surface area (Å²) >= 11 is 6.01. The second-order valence-electron chi connectivity index (χ2n) is 9.28. The summed E-state index contributed by atoms with van der Waals surface area (Å²) in [6.07, 6.45) is 5.66. The van der Waals surface area contributed by atoms with E-state index in [0.717, 1.165) is 79.7 Å². The van der Waals surface area contributed by atoms with Crippen LogP contribution in [0, 0.1) is 0 Å². The van der Waals surface area contributed by atoms with E-state index in [4.69, 9.17) is 26.8 Å². The molecule has 0 unspecified atom stereocenters. The summed E-state index contributed by atoms with van der Waals surface area (Å²) in [4.78, 5) is 0.723. The van der Waals surface area contributed by atoms with Crippen LogP contribution in [0.25, 0.3) is 16.8 Å². The fourth-order valence-electron chi connectivity index (χ4n) is 5.30. The predicted molar refractivity (Wildman–Crippen MR) is 141 cm³/mol.